The van der Waals surface area contributed by atoms with Crippen LogP contribution in [0, 0.1) is 20.8 Å². The molecule has 0 amide bonds. The number of rotatable bonds is 5. The number of anilines is 1. The van der Waals surface area contributed by atoms with Crippen LogP contribution in [-0.2, 0) is 0 Å². The Bertz CT molecular complexity index is 1040. The largest absolute Gasteiger partial charge is 0.378 e. The van der Waals surface area contributed by atoms with Gasteiger partial charge in [0.1, 0.15) is 0 Å². The Morgan fingerprint density at radius 2 is 1.40 bits per heavy atom. The van der Waals surface area contributed by atoms with Gasteiger partial charge >= 0.3 is 0 Å². The Labute approximate surface area is 180 Å². The lowest BCUT2D eigenvalue weighted by atomic mass is 9.93. The lowest BCUT2D eigenvalue weighted by molar-refractivity contribution is 0.873. The summed E-state index contributed by atoms with van der Waals surface area (Å²) in [5.74, 6) is 0. The van der Waals surface area contributed by atoms with E-state index in [1.807, 2.05) is 0 Å². The molecule has 1 unspecified atom stereocenters. The molecule has 0 aliphatic heterocycles. The monoisotopic (exact) mass is 391 g/mol. The van der Waals surface area contributed by atoms with Crippen LogP contribution in [0.15, 0.2) is 103 Å². The van der Waals surface area contributed by atoms with Crippen LogP contribution in [-0.4, -0.2) is 6.04 Å². The Hall–Kier alpha value is -3.32. The van der Waals surface area contributed by atoms with Gasteiger partial charge in [0.05, 0.1) is 0 Å². The highest BCUT2D eigenvalue weighted by molar-refractivity contribution is 5.82. The average molecular weight is 392 g/mol. The molecule has 0 aromatic heterocycles. The molecular formula is C29H29N. The van der Waals surface area contributed by atoms with Crippen LogP contribution < -0.4 is 5.32 Å². The minimum atomic E-state index is 0.319. The van der Waals surface area contributed by atoms with Crippen LogP contribution in [0.5, 0.6) is 0 Å². The molecule has 30 heavy (non-hydrogen) atoms. The van der Waals surface area contributed by atoms with Crippen LogP contribution in [0.1, 0.15) is 34.2 Å². The molecule has 0 fully saturated rings. The van der Waals surface area contributed by atoms with Crippen LogP contribution in [0.2, 0.25) is 0 Å². The van der Waals surface area contributed by atoms with Gasteiger partial charge in [-0.3, -0.25) is 0 Å². The van der Waals surface area contributed by atoms with Crippen molar-refractivity contribution in [1.82, 2.24) is 0 Å². The number of allylic oxidation sites excluding steroid dienone is 3. The molecule has 4 rings (SSSR count). The zero-order valence-corrected chi connectivity index (χ0v) is 18.0. The molecule has 0 heterocycles. The molecule has 1 aliphatic rings. The van der Waals surface area contributed by atoms with Crippen molar-refractivity contribution in [2.75, 3.05) is 5.32 Å². The van der Waals surface area contributed by atoms with Gasteiger partial charge in [-0.1, -0.05) is 96.6 Å². The SMILES string of the molecule is Cc1cc(C)c(NC2C=CC(C=C(c3ccccc3)c3ccccc3)=CC2)c(C)c1. The van der Waals surface area contributed by atoms with E-state index in [0.29, 0.717) is 6.04 Å². The first-order valence-electron chi connectivity index (χ1n) is 10.7. The van der Waals surface area contributed by atoms with Gasteiger partial charge < -0.3 is 5.32 Å². The summed E-state index contributed by atoms with van der Waals surface area (Å²) in [7, 11) is 0. The average Bonchev–Trinajstić information content (AvgIpc) is 2.77. The fourth-order valence-electron chi connectivity index (χ4n) is 4.18. The van der Waals surface area contributed by atoms with E-state index < -0.39 is 0 Å². The third kappa shape index (κ3) is 4.63. The summed E-state index contributed by atoms with van der Waals surface area (Å²) >= 11 is 0. The summed E-state index contributed by atoms with van der Waals surface area (Å²) in [5, 5.41) is 3.73. The van der Waals surface area contributed by atoms with Gasteiger partial charge in [0, 0.05) is 11.7 Å². The van der Waals surface area contributed by atoms with Crippen molar-refractivity contribution in [3.05, 3.63) is 130 Å². The molecule has 0 bridgehead atoms. The van der Waals surface area contributed by atoms with Crippen molar-refractivity contribution in [1.29, 1.82) is 0 Å². The zero-order chi connectivity index (χ0) is 20.9. The summed E-state index contributed by atoms with van der Waals surface area (Å²) in [6.07, 6.45) is 10.2. The standard InChI is InChI=1S/C29H29N/c1-21-18-22(2)29(23(3)19-21)30-27-16-14-24(15-17-27)20-28(25-10-6-4-7-11-25)26-12-8-5-9-13-26/h4-16,18-20,27,30H,17H2,1-3H3. The normalized spacial score (nSPS) is 15.4. The predicted molar refractivity (Wildman–Crippen MR) is 130 cm³/mol. The second-order valence-electron chi connectivity index (χ2n) is 8.11. The predicted octanol–water partition coefficient (Wildman–Crippen LogP) is 7.41. The molecule has 0 saturated heterocycles. The maximum absolute atomic E-state index is 3.73. The van der Waals surface area contributed by atoms with Gasteiger partial charge in [-0.05, 0) is 66.7 Å². The number of benzene rings is 3. The van der Waals surface area contributed by atoms with Crippen molar-refractivity contribution in [2.24, 2.45) is 0 Å². The van der Waals surface area contributed by atoms with E-state index in [-0.39, 0.29) is 0 Å². The molecule has 150 valence electrons. The molecular weight excluding hydrogens is 362 g/mol. The maximum Gasteiger partial charge on any atom is 0.0482 e. The molecule has 0 spiro atoms. The van der Waals surface area contributed by atoms with Crippen molar-refractivity contribution < 1.29 is 0 Å². The molecule has 1 N–H and O–H groups in total. The molecule has 1 heteroatoms. The second kappa shape index (κ2) is 9.00. The number of aryl methyl sites for hydroxylation is 3. The molecule has 1 aliphatic carbocycles. The fraction of sp³-hybridized carbons (Fsp3) is 0.172. The topological polar surface area (TPSA) is 12.0 Å². The smallest absolute Gasteiger partial charge is 0.0482 e. The van der Waals surface area contributed by atoms with Gasteiger partial charge in [0.25, 0.3) is 0 Å². The van der Waals surface area contributed by atoms with E-state index in [0.717, 1.165) is 6.42 Å². The second-order valence-corrected chi connectivity index (χ2v) is 8.11. The lowest BCUT2D eigenvalue weighted by Crippen LogP contribution is -2.19. The van der Waals surface area contributed by atoms with E-state index >= 15 is 0 Å². The van der Waals surface area contributed by atoms with Crippen molar-refractivity contribution >= 4 is 11.3 Å². The van der Waals surface area contributed by atoms with E-state index in [1.165, 1.54) is 44.7 Å². The molecule has 0 saturated carbocycles. The van der Waals surface area contributed by atoms with E-state index in [2.05, 4.69) is 123 Å². The number of hydrogen-bond acceptors (Lipinski definition) is 1. The van der Waals surface area contributed by atoms with Crippen molar-refractivity contribution in [2.45, 2.75) is 33.2 Å². The lowest BCUT2D eigenvalue weighted by Gasteiger charge is -2.22. The first kappa shape index (κ1) is 20.0. The zero-order valence-electron chi connectivity index (χ0n) is 18.0. The summed E-state index contributed by atoms with van der Waals surface area (Å²) in [4.78, 5) is 0. The summed E-state index contributed by atoms with van der Waals surface area (Å²) < 4.78 is 0. The van der Waals surface area contributed by atoms with Gasteiger partial charge in [0.15, 0.2) is 0 Å². The van der Waals surface area contributed by atoms with Crippen molar-refractivity contribution in [3.8, 4) is 0 Å². The highest BCUT2D eigenvalue weighted by Crippen LogP contribution is 2.28. The van der Waals surface area contributed by atoms with E-state index in [1.54, 1.807) is 0 Å². The fourth-order valence-corrected chi connectivity index (χ4v) is 4.18. The molecule has 3 aromatic carbocycles. The first-order valence-corrected chi connectivity index (χ1v) is 10.7. The molecule has 1 nitrogen and oxygen atoms in total. The third-order valence-corrected chi connectivity index (χ3v) is 5.62. The Morgan fingerprint density at radius 3 is 1.90 bits per heavy atom. The molecule has 3 aromatic rings. The van der Waals surface area contributed by atoms with Gasteiger partial charge in [-0.15, -0.1) is 0 Å². The van der Waals surface area contributed by atoms with E-state index in [4.69, 9.17) is 0 Å². The maximum atomic E-state index is 3.73. The molecule has 1 atom stereocenters. The van der Waals surface area contributed by atoms with Gasteiger partial charge in [0.2, 0.25) is 0 Å². The van der Waals surface area contributed by atoms with Crippen molar-refractivity contribution in [3.63, 3.8) is 0 Å². The highest BCUT2D eigenvalue weighted by Gasteiger charge is 2.12. The summed E-state index contributed by atoms with van der Waals surface area (Å²) in [6, 6.07) is 26.1. The van der Waals surface area contributed by atoms with Crippen LogP contribution >= 0.6 is 0 Å². The van der Waals surface area contributed by atoms with Crippen LogP contribution in [0.25, 0.3) is 5.57 Å². The van der Waals surface area contributed by atoms with Gasteiger partial charge in [-0.2, -0.15) is 0 Å². The Morgan fingerprint density at radius 1 is 0.833 bits per heavy atom. The van der Waals surface area contributed by atoms with Crippen LogP contribution in [0.4, 0.5) is 5.69 Å². The molecule has 0 radical (unpaired) electrons. The number of nitrogens with one attached hydrogen (secondary N) is 1. The summed E-state index contributed by atoms with van der Waals surface area (Å²) in [5.41, 5.74) is 10.2. The number of hydrogen-bond donors (Lipinski definition) is 1. The van der Waals surface area contributed by atoms with Gasteiger partial charge in [-0.25, -0.2) is 0 Å². The summed E-state index contributed by atoms with van der Waals surface area (Å²) in [6.45, 7) is 6.53. The quantitative estimate of drug-likeness (QED) is 0.477. The first-order chi connectivity index (χ1) is 14.6. The Balaban J connectivity index is 1.56. The highest BCUT2D eigenvalue weighted by atomic mass is 14.9. The minimum Gasteiger partial charge on any atom is -0.378 e. The third-order valence-electron chi connectivity index (χ3n) is 5.62. The minimum absolute atomic E-state index is 0.319. The van der Waals surface area contributed by atoms with E-state index in [9.17, 15) is 0 Å². The Kier molecular flexibility index (Phi) is 5.99. The van der Waals surface area contributed by atoms with Crippen LogP contribution in [0.3, 0.4) is 0 Å².